The first-order valence-corrected chi connectivity index (χ1v) is 26.1. The quantitative estimate of drug-likeness (QED) is 0.0265. The van der Waals surface area contributed by atoms with Gasteiger partial charge in [-0.15, -0.1) is 0 Å². The Morgan fingerprint density at radius 3 is 1.32 bits per heavy atom. The van der Waals surface area contributed by atoms with Crippen LogP contribution in [0.3, 0.4) is 0 Å². The fraction of sp³-hybridized carbons (Fsp3) is 0.692. The van der Waals surface area contributed by atoms with Crippen molar-refractivity contribution < 1.29 is 37.6 Å². The second-order valence-corrected chi connectivity index (χ2v) is 17.4. The van der Waals surface area contributed by atoms with Crippen LogP contribution in [-0.2, 0) is 32.7 Å². The zero-order chi connectivity index (χ0) is 45.3. The summed E-state index contributed by atoms with van der Waals surface area (Å²) in [6.45, 7) is 3.57. The van der Waals surface area contributed by atoms with Gasteiger partial charge in [-0.1, -0.05) is 202 Å². The Morgan fingerprint density at radius 2 is 0.887 bits per heavy atom. The summed E-state index contributed by atoms with van der Waals surface area (Å²) in [5.41, 5.74) is 5.34. The van der Waals surface area contributed by atoms with Gasteiger partial charge in [-0.3, -0.25) is 18.6 Å². The van der Waals surface area contributed by atoms with Crippen LogP contribution in [0.15, 0.2) is 85.1 Å². The summed E-state index contributed by atoms with van der Waals surface area (Å²) in [5.74, 6) is -0.839. The van der Waals surface area contributed by atoms with E-state index < -0.39 is 26.5 Å². The van der Waals surface area contributed by atoms with Crippen molar-refractivity contribution in [3.05, 3.63) is 85.1 Å². The molecule has 0 aliphatic rings. The SMILES string of the molecule is CC/C=C\C/C=C\C/C=C\C/C=C\C/C=C\C/C=C\C/C=C\CCCCCCCCCCCCCC(=O)OC(COC(=O)CCCCCCCCCC)COP(=O)(O)OCCN. The lowest BCUT2D eigenvalue weighted by Crippen LogP contribution is -2.29. The molecule has 0 saturated heterocycles. The number of carbonyl (C=O) groups is 2. The normalized spacial score (nSPS) is 13.9. The van der Waals surface area contributed by atoms with E-state index in [9.17, 15) is 19.0 Å². The van der Waals surface area contributed by atoms with Crippen molar-refractivity contribution in [2.24, 2.45) is 5.73 Å². The number of hydrogen-bond acceptors (Lipinski definition) is 8. The number of rotatable bonds is 45. The number of carbonyl (C=O) groups excluding carboxylic acids is 2. The highest BCUT2D eigenvalue weighted by molar-refractivity contribution is 7.47. The Labute approximate surface area is 379 Å². The number of ether oxygens (including phenoxy) is 2. The van der Waals surface area contributed by atoms with Crippen LogP contribution < -0.4 is 5.73 Å². The van der Waals surface area contributed by atoms with Gasteiger partial charge in [0.1, 0.15) is 6.61 Å². The van der Waals surface area contributed by atoms with Gasteiger partial charge >= 0.3 is 19.8 Å². The first-order chi connectivity index (χ1) is 30.3. The highest BCUT2D eigenvalue weighted by atomic mass is 31.2. The molecule has 0 bridgehead atoms. The first-order valence-electron chi connectivity index (χ1n) is 24.6. The van der Waals surface area contributed by atoms with E-state index in [-0.39, 0.29) is 38.6 Å². The molecule has 0 aliphatic heterocycles. The maximum Gasteiger partial charge on any atom is 0.472 e. The molecule has 2 unspecified atom stereocenters. The predicted molar refractivity (Wildman–Crippen MR) is 261 cm³/mol. The van der Waals surface area contributed by atoms with Crippen molar-refractivity contribution in [2.45, 2.75) is 206 Å². The molecule has 2 atom stereocenters. The standard InChI is InChI=1S/C52H90NO8P/c1-3-5-7-9-11-13-14-15-16-17-18-19-20-21-22-23-24-25-26-27-28-29-30-31-32-33-34-35-36-37-39-41-43-45-52(55)61-50(49-60-62(56,57)59-47-46-53)48-58-51(54)44-42-40-38-12-10-8-6-4-2/h5,7,11,13,15-16,18-19,21-22,24-25,27-28,50H,3-4,6,8-10,12,14,17,20,23,26,29-49,53H2,1-2H3,(H,56,57)/b7-5-,13-11-,16-15-,19-18-,22-21-,25-24-,28-27-. The van der Waals surface area contributed by atoms with E-state index in [1.807, 2.05) is 0 Å². The molecule has 0 saturated carbocycles. The van der Waals surface area contributed by atoms with Crippen molar-refractivity contribution >= 4 is 19.8 Å². The van der Waals surface area contributed by atoms with Gasteiger partial charge in [-0.05, 0) is 70.6 Å². The molecule has 0 rings (SSSR count). The number of allylic oxidation sites excluding steroid dienone is 14. The Hall–Kier alpha value is -2.81. The topological polar surface area (TPSA) is 134 Å². The van der Waals surface area contributed by atoms with Gasteiger partial charge in [-0.25, -0.2) is 4.57 Å². The molecular weight excluding hydrogens is 798 g/mol. The first kappa shape index (κ1) is 59.2. The van der Waals surface area contributed by atoms with Gasteiger partial charge < -0.3 is 20.1 Å². The van der Waals surface area contributed by atoms with Gasteiger partial charge in [0, 0.05) is 19.4 Å². The Bertz CT molecular complexity index is 1290. The summed E-state index contributed by atoms with van der Waals surface area (Å²) in [6.07, 6.45) is 60.8. The molecule has 0 amide bonds. The van der Waals surface area contributed by atoms with Crippen molar-refractivity contribution in [1.82, 2.24) is 0 Å². The largest absolute Gasteiger partial charge is 0.472 e. The second kappa shape index (κ2) is 47.7. The Kier molecular flexibility index (Phi) is 45.5. The third-order valence-electron chi connectivity index (χ3n) is 10.0. The van der Waals surface area contributed by atoms with Crippen molar-refractivity contribution in [3.8, 4) is 0 Å². The summed E-state index contributed by atoms with van der Waals surface area (Å²) in [6, 6.07) is 0. The van der Waals surface area contributed by atoms with E-state index in [1.165, 1.54) is 77.0 Å². The highest BCUT2D eigenvalue weighted by Crippen LogP contribution is 2.43. The lowest BCUT2D eigenvalue weighted by atomic mass is 10.0. The van der Waals surface area contributed by atoms with Crippen LogP contribution in [0.2, 0.25) is 0 Å². The van der Waals surface area contributed by atoms with Gasteiger partial charge in [0.2, 0.25) is 0 Å². The number of hydrogen-bond donors (Lipinski definition) is 2. The second-order valence-electron chi connectivity index (χ2n) is 16.0. The van der Waals surface area contributed by atoms with Crippen molar-refractivity contribution in [3.63, 3.8) is 0 Å². The molecule has 0 heterocycles. The Balaban J connectivity index is 3.93. The van der Waals surface area contributed by atoms with Crippen LogP contribution in [0.1, 0.15) is 200 Å². The summed E-state index contributed by atoms with van der Waals surface area (Å²) >= 11 is 0. The molecule has 0 aromatic carbocycles. The van der Waals surface area contributed by atoms with Crippen LogP contribution >= 0.6 is 7.82 Å². The zero-order valence-electron chi connectivity index (χ0n) is 39.3. The third-order valence-corrected chi connectivity index (χ3v) is 11.0. The number of esters is 2. The van der Waals surface area contributed by atoms with Crippen LogP contribution in [0.4, 0.5) is 0 Å². The van der Waals surface area contributed by atoms with Gasteiger partial charge in [0.05, 0.1) is 13.2 Å². The summed E-state index contributed by atoms with van der Waals surface area (Å²) in [7, 11) is -4.38. The van der Waals surface area contributed by atoms with Gasteiger partial charge in [0.25, 0.3) is 0 Å². The molecule has 0 aromatic heterocycles. The average molecular weight is 888 g/mol. The molecule has 9 nitrogen and oxygen atoms in total. The summed E-state index contributed by atoms with van der Waals surface area (Å²) in [4.78, 5) is 34.8. The van der Waals surface area contributed by atoms with E-state index in [0.717, 1.165) is 89.9 Å². The van der Waals surface area contributed by atoms with E-state index >= 15 is 0 Å². The Morgan fingerprint density at radius 1 is 0.500 bits per heavy atom. The van der Waals surface area contributed by atoms with Crippen LogP contribution in [-0.4, -0.2) is 49.3 Å². The van der Waals surface area contributed by atoms with Crippen LogP contribution in [0.5, 0.6) is 0 Å². The molecule has 62 heavy (non-hydrogen) atoms. The molecule has 3 N–H and O–H groups in total. The summed E-state index contributed by atoms with van der Waals surface area (Å²) in [5, 5.41) is 0. The fourth-order valence-corrected chi connectivity index (χ4v) is 7.20. The monoisotopic (exact) mass is 888 g/mol. The smallest absolute Gasteiger partial charge is 0.462 e. The number of phosphoric acid groups is 1. The molecule has 0 spiro atoms. The summed E-state index contributed by atoms with van der Waals surface area (Å²) < 4.78 is 32.7. The van der Waals surface area contributed by atoms with E-state index in [1.54, 1.807) is 0 Å². The molecule has 10 heteroatoms. The number of phosphoric ester groups is 1. The van der Waals surface area contributed by atoms with Crippen molar-refractivity contribution in [1.29, 1.82) is 0 Å². The van der Waals surface area contributed by atoms with Crippen LogP contribution in [0.25, 0.3) is 0 Å². The molecule has 0 radical (unpaired) electrons. The van der Waals surface area contributed by atoms with E-state index in [4.69, 9.17) is 24.3 Å². The minimum absolute atomic E-state index is 0.0506. The molecule has 0 aromatic rings. The lowest BCUT2D eigenvalue weighted by Gasteiger charge is -2.19. The van der Waals surface area contributed by atoms with E-state index in [2.05, 4.69) is 98.9 Å². The highest BCUT2D eigenvalue weighted by Gasteiger charge is 2.26. The fourth-order valence-electron chi connectivity index (χ4n) is 6.44. The maximum atomic E-state index is 12.6. The average Bonchev–Trinajstić information content (AvgIpc) is 3.26. The van der Waals surface area contributed by atoms with E-state index in [0.29, 0.717) is 6.42 Å². The van der Waals surface area contributed by atoms with Gasteiger partial charge in [0.15, 0.2) is 6.10 Å². The lowest BCUT2D eigenvalue weighted by molar-refractivity contribution is -0.161. The minimum Gasteiger partial charge on any atom is -0.462 e. The molecular formula is C52H90NO8P. The zero-order valence-corrected chi connectivity index (χ0v) is 40.2. The molecule has 0 fully saturated rings. The molecule has 356 valence electrons. The third kappa shape index (κ3) is 46.7. The number of unbranched alkanes of at least 4 members (excludes halogenated alkanes) is 18. The maximum absolute atomic E-state index is 12.6. The number of nitrogens with two attached hydrogens (primary N) is 1. The molecule has 0 aliphatic carbocycles. The van der Waals surface area contributed by atoms with Crippen molar-refractivity contribution in [2.75, 3.05) is 26.4 Å². The van der Waals surface area contributed by atoms with Crippen LogP contribution in [0, 0.1) is 0 Å². The van der Waals surface area contributed by atoms with Gasteiger partial charge in [-0.2, -0.15) is 0 Å². The predicted octanol–water partition coefficient (Wildman–Crippen LogP) is 14.8. The minimum atomic E-state index is -4.38.